The zero-order valence-electron chi connectivity index (χ0n) is 19.5. The summed E-state index contributed by atoms with van der Waals surface area (Å²) in [7, 11) is 1.35. The lowest BCUT2D eigenvalue weighted by Gasteiger charge is -2.31. The molecule has 0 aliphatic carbocycles. The van der Waals surface area contributed by atoms with E-state index in [1.54, 1.807) is 6.08 Å². The van der Waals surface area contributed by atoms with Gasteiger partial charge in [-0.1, -0.05) is 78.9 Å². The van der Waals surface area contributed by atoms with E-state index in [2.05, 4.69) is 5.32 Å². The molecule has 1 aliphatic heterocycles. The third kappa shape index (κ3) is 4.64. The molecule has 0 radical (unpaired) electrons. The maximum Gasteiger partial charge on any atom is 0.337 e. The van der Waals surface area contributed by atoms with Crippen LogP contribution in [0.15, 0.2) is 101 Å². The Morgan fingerprint density at radius 1 is 0.853 bits per heavy atom. The van der Waals surface area contributed by atoms with Crippen molar-refractivity contribution in [3.05, 3.63) is 113 Å². The molecular weight excluding hydrogens is 426 g/mol. The van der Waals surface area contributed by atoms with Crippen molar-refractivity contribution in [1.29, 1.82) is 0 Å². The Labute approximate surface area is 199 Å². The molecule has 4 rings (SSSR count). The maximum atomic E-state index is 13.4. The molecule has 3 aromatic rings. The highest BCUT2D eigenvalue weighted by Gasteiger charge is 2.38. The Kier molecular flexibility index (Phi) is 6.93. The quantitative estimate of drug-likeness (QED) is 0.499. The summed E-state index contributed by atoms with van der Waals surface area (Å²) in [5.74, 6) is -1.58. The number of hydrogen-bond donors (Lipinski definition) is 1. The summed E-state index contributed by atoms with van der Waals surface area (Å²) in [4.78, 5) is 26.3. The molecule has 5 heteroatoms. The van der Waals surface area contributed by atoms with Gasteiger partial charge in [0.1, 0.15) is 6.61 Å². The van der Waals surface area contributed by atoms with Crippen molar-refractivity contribution in [2.24, 2.45) is 0 Å². The van der Waals surface area contributed by atoms with Gasteiger partial charge in [-0.15, -0.1) is 0 Å². The SMILES string of the molecule is COC(=O)C1=C(C)NC(C)=C(C(=O)OC/C=C/c2ccccc2)C1c1cccc2ccccc12. The van der Waals surface area contributed by atoms with Gasteiger partial charge in [-0.25, -0.2) is 9.59 Å². The normalized spacial score (nSPS) is 16.0. The molecule has 0 saturated heterocycles. The number of nitrogens with one attached hydrogen (secondary N) is 1. The van der Waals surface area contributed by atoms with Gasteiger partial charge in [0.25, 0.3) is 0 Å². The second-order valence-corrected chi connectivity index (χ2v) is 8.11. The molecule has 1 heterocycles. The molecule has 1 atom stereocenters. The number of carbonyl (C=O) groups is 2. The Balaban J connectivity index is 1.72. The van der Waals surface area contributed by atoms with Crippen LogP contribution in [0.2, 0.25) is 0 Å². The molecule has 172 valence electrons. The summed E-state index contributed by atoms with van der Waals surface area (Å²) >= 11 is 0. The number of esters is 2. The van der Waals surface area contributed by atoms with Crippen molar-refractivity contribution in [1.82, 2.24) is 5.32 Å². The number of dihydropyridines is 1. The Hall–Kier alpha value is -4.12. The predicted octanol–water partition coefficient (Wildman–Crippen LogP) is 5.50. The van der Waals surface area contributed by atoms with Crippen LogP contribution < -0.4 is 5.32 Å². The van der Waals surface area contributed by atoms with E-state index in [-0.39, 0.29) is 6.61 Å². The van der Waals surface area contributed by atoms with Crippen LogP contribution in [0.4, 0.5) is 0 Å². The van der Waals surface area contributed by atoms with Crippen LogP contribution >= 0.6 is 0 Å². The van der Waals surface area contributed by atoms with Gasteiger partial charge in [0.15, 0.2) is 0 Å². The van der Waals surface area contributed by atoms with E-state index in [1.807, 2.05) is 92.7 Å². The molecule has 1 N–H and O–H groups in total. The van der Waals surface area contributed by atoms with Crippen LogP contribution in [-0.4, -0.2) is 25.7 Å². The fourth-order valence-electron chi connectivity index (χ4n) is 4.41. The third-order valence-corrected chi connectivity index (χ3v) is 5.94. The van der Waals surface area contributed by atoms with E-state index >= 15 is 0 Å². The van der Waals surface area contributed by atoms with E-state index in [0.717, 1.165) is 21.9 Å². The number of methoxy groups -OCH3 is 1. The molecule has 0 spiro atoms. The third-order valence-electron chi connectivity index (χ3n) is 5.94. The van der Waals surface area contributed by atoms with Crippen LogP contribution in [-0.2, 0) is 19.1 Å². The molecule has 0 fully saturated rings. The number of allylic oxidation sites excluding steroid dienone is 2. The molecular formula is C29H27NO4. The first-order valence-corrected chi connectivity index (χ1v) is 11.1. The zero-order chi connectivity index (χ0) is 24.1. The standard InChI is InChI=1S/C29H27NO4/c1-19-25(28(31)33-3)27(24-17-9-15-22-14-7-8-16-23(22)24)26(20(2)30-19)29(32)34-18-10-13-21-11-5-4-6-12-21/h4-17,27,30H,18H2,1-3H3/b13-10+. The average Bonchev–Trinajstić information content (AvgIpc) is 2.86. The topological polar surface area (TPSA) is 64.6 Å². The summed E-state index contributed by atoms with van der Waals surface area (Å²) in [6.07, 6.45) is 3.70. The number of fused-ring (bicyclic) bond motifs is 1. The van der Waals surface area contributed by atoms with E-state index in [9.17, 15) is 9.59 Å². The Morgan fingerprint density at radius 3 is 2.24 bits per heavy atom. The molecule has 1 aliphatic rings. The maximum absolute atomic E-state index is 13.4. The van der Waals surface area contributed by atoms with Gasteiger partial charge in [0, 0.05) is 11.4 Å². The average molecular weight is 454 g/mol. The zero-order valence-corrected chi connectivity index (χ0v) is 19.5. The monoisotopic (exact) mass is 453 g/mol. The van der Waals surface area contributed by atoms with E-state index in [4.69, 9.17) is 9.47 Å². The van der Waals surface area contributed by atoms with Crippen molar-refractivity contribution < 1.29 is 19.1 Å². The Morgan fingerprint density at radius 2 is 1.50 bits per heavy atom. The number of carbonyl (C=O) groups excluding carboxylic acids is 2. The van der Waals surface area contributed by atoms with E-state index < -0.39 is 17.9 Å². The molecule has 0 amide bonds. The lowest BCUT2D eigenvalue weighted by Crippen LogP contribution is -2.32. The number of rotatable bonds is 6. The summed E-state index contributed by atoms with van der Waals surface area (Å²) < 4.78 is 10.7. The summed E-state index contributed by atoms with van der Waals surface area (Å²) in [5.41, 5.74) is 3.98. The first kappa shape index (κ1) is 23.1. The molecule has 0 aromatic heterocycles. The smallest absolute Gasteiger partial charge is 0.337 e. The molecule has 0 bridgehead atoms. The van der Waals surface area contributed by atoms with Gasteiger partial charge < -0.3 is 14.8 Å². The fraction of sp³-hybridized carbons (Fsp3) is 0.172. The lowest BCUT2D eigenvalue weighted by molar-refractivity contribution is -0.138. The van der Waals surface area contributed by atoms with Crippen molar-refractivity contribution in [2.45, 2.75) is 19.8 Å². The molecule has 0 saturated carbocycles. The highest BCUT2D eigenvalue weighted by atomic mass is 16.5. The highest BCUT2D eigenvalue weighted by molar-refractivity contribution is 6.02. The van der Waals surface area contributed by atoms with Crippen molar-refractivity contribution in [3.8, 4) is 0 Å². The fourth-order valence-corrected chi connectivity index (χ4v) is 4.41. The summed E-state index contributed by atoms with van der Waals surface area (Å²) in [5, 5.41) is 5.17. The van der Waals surface area contributed by atoms with E-state index in [1.165, 1.54) is 7.11 Å². The minimum atomic E-state index is -0.620. The first-order valence-electron chi connectivity index (χ1n) is 11.1. The van der Waals surface area contributed by atoms with Crippen LogP contribution in [0, 0.1) is 0 Å². The highest BCUT2D eigenvalue weighted by Crippen LogP contribution is 2.41. The van der Waals surface area contributed by atoms with Crippen LogP contribution in [0.1, 0.15) is 30.9 Å². The minimum Gasteiger partial charge on any atom is -0.466 e. The predicted molar refractivity (Wildman–Crippen MR) is 134 cm³/mol. The van der Waals surface area contributed by atoms with Crippen molar-refractivity contribution in [3.63, 3.8) is 0 Å². The first-order chi connectivity index (χ1) is 16.5. The summed E-state index contributed by atoms with van der Waals surface area (Å²) in [6, 6.07) is 23.6. The van der Waals surface area contributed by atoms with Crippen molar-refractivity contribution in [2.75, 3.05) is 13.7 Å². The molecule has 34 heavy (non-hydrogen) atoms. The van der Waals surface area contributed by atoms with Crippen LogP contribution in [0.3, 0.4) is 0 Å². The number of ether oxygens (including phenoxy) is 2. The second-order valence-electron chi connectivity index (χ2n) is 8.11. The lowest BCUT2D eigenvalue weighted by atomic mass is 9.78. The second kappa shape index (κ2) is 10.2. The van der Waals surface area contributed by atoms with Crippen molar-refractivity contribution >= 4 is 28.8 Å². The van der Waals surface area contributed by atoms with Gasteiger partial charge in [0.05, 0.1) is 24.2 Å². The van der Waals surface area contributed by atoms with Gasteiger partial charge in [-0.3, -0.25) is 0 Å². The minimum absolute atomic E-state index is 0.114. The van der Waals surface area contributed by atoms with Gasteiger partial charge in [0.2, 0.25) is 0 Å². The summed E-state index contributed by atoms with van der Waals surface area (Å²) in [6.45, 7) is 3.76. The van der Waals surface area contributed by atoms with Gasteiger partial charge >= 0.3 is 11.9 Å². The van der Waals surface area contributed by atoms with E-state index in [0.29, 0.717) is 22.5 Å². The van der Waals surface area contributed by atoms with Crippen LogP contribution in [0.25, 0.3) is 16.8 Å². The largest absolute Gasteiger partial charge is 0.466 e. The Bertz CT molecular complexity index is 1310. The van der Waals surface area contributed by atoms with Crippen LogP contribution in [0.5, 0.6) is 0 Å². The molecule has 1 unspecified atom stereocenters. The van der Waals surface area contributed by atoms with Gasteiger partial charge in [-0.2, -0.15) is 0 Å². The van der Waals surface area contributed by atoms with Gasteiger partial charge in [-0.05, 0) is 41.8 Å². The number of benzene rings is 3. The molecule has 3 aromatic carbocycles. The number of hydrogen-bond acceptors (Lipinski definition) is 5. The molecule has 5 nitrogen and oxygen atoms in total.